The average molecular weight is 454 g/mol. The lowest BCUT2D eigenvalue weighted by Crippen LogP contribution is -2.42. The Labute approximate surface area is 200 Å². The van der Waals surface area contributed by atoms with Crippen LogP contribution in [0.5, 0.6) is 5.75 Å². The van der Waals surface area contributed by atoms with Gasteiger partial charge in [-0.3, -0.25) is 4.79 Å². The number of methoxy groups -OCH3 is 1. The van der Waals surface area contributed by atoms with Crippen molar-refractivity contribution < 1.29 is 13.9 Å². The van der Waals surface area contributed by atoms with Crippen LogP contribution in [0.3, 0.4) is 0 Å². The molecule has 2 heterocycles. The van der Waals surface area contributed by atoms with Gasteiger partial charge >= 0.3 is 0 Å². The predicted molar refractivity (Wildman–Crippen MR) is 139 cm³/mol. The second kappa shape index (κ2) is 9.38. The van der Waals surface area contributed by atoms with Crippen LogP contribution in [0.15, 0.2) is 71.4 Å². The van der Waals surface area contributed by atoms with Gasteiger partial charge in [-0.15, -0.1) is 0 Å². The molecule has 3 aromatic carbocycles. The van der Waals surface area contributed by atoms with E-state index in [9.17, 15) is 4.79 Å². The lowest BCUT2D eigenvalue weighted by molar-refractivity contribution is -0.129. The van der Waals surface area contributed by atoms with Crippen LogP contribution in [0.2, 0.25) is 0 Å². The van der Waals surface area contributed by atoms with Gasteiger partial charge in [0.25, 0.3) is 0 Å². The van der Waals surface area contributed by atoms with Gasteiger partial charge in [-0.1, -0.05) is 43.3 Å². The van der Waals surface area contributed by atoms with E-state index in [1.54, 1.807) is 13.2 Å². The van der Waals surface area contributed by atoms with E-state index in [2.05, 4.69) is 55.5 Å². The molecule has 1 amide bonds. The molecular formula is C30H31NO3. The maximum Gasteiger partial charge on any atom is 0.247 e. The van der Waals surface area contributed by atoms with Crippen molar-refractivity contribution in [2.45, 2.75) is 45.6 Å². The smallest absolute Gasteiger partial charge is 0.247 e. The first-order chi connectivity index (χ1) is 16.6. The Hall–Kier alpha value is -3.53. The maximum absolute atomic E-state index is 13.2. The molecular weight excluding hydrogens is 422 g/mol. The number of allylic oxidation sites excluding steroid dienone is 1. The van der Waals surface area contributed by atoms with Gasteiger partial charge in [0, 0.05) is 41.2 Å². The number of hydrogen-bond acceptors (Lipinski definition) is 3. The number of carbonyl (C=O) groups is 1. The standard InChI is InChI=1S/C30H31NO3/c1-4-24-11-7-8-14-31(24)30(32)15-20(2)25-17-26-27(19-34-29(26)18-28(25)33-3)23-13-12-21-9-5-6-10-22(21)16-23/h5-6,9-10,12-13,15-19,24H,4,7-8,11,14H2,1-3H3/b20-15+. The molecule has 4 nitrogen and oxygen atoms in total. The van der Waals surface area contributed by atoms with Crippen LogP contribution in [0.4, 0.5) is 0 Å². The molecule has 0 bridgehead atoms. The van der Waals surface area contributed by atoms with Crippen molar-refractivity contribution >= 4 is 33.2 Å². The highest BCUT2D eigenvalue weighted by Crippen LogP contribution is 2.38. The number of hydrogen-bond donors (Lipinski definition) is 0. The molecule has 1 aromatic heterocycles. The van der Waals surface area contributed by atoms with Crippen molar-refractivity contribution in [3.63, 3.8) is 0 Å². The highest BCUT2D eigenvalue weighted by Gasteiger charge is 2.24. The highest BCUT2D eigenvalue weighted by molar-refractivity contribution is 6.01. The Morgan fingerprint density at radius 2 is 1.94 bits per heavy atom. The van der Waals surface area contributed by atoms with Crippen LogP contribution in [0, 0.1) is 0 Å². The first-order valence-electron chi connectivity index (χ1n) is 12.2. The molecule has 0 aliphatic carbocycles. The number of rotatable bonds is 5. The summed E-state index contributed by atoms with van der Waals surface area (Å²) < 4.78 is 11.6. The fourth-order valence-electron chi connectivity index (χ4n) is 5.17. The second-order valence-electron chi connectivity index (χ2n) is 9.18. The van der Waals surface area contributed by atoms with Crippen molar-refractivity contribution in [3.8, 4) is 16.9 Å². The van der Waals surface area contributed by atoms with Gasteiger partial charge in [0.15, 0.2) is 0 Å². The Morgan fingerprint density at radius 1 is 1.12 bits per heavy atom. The third kappa shape index (κ3) is 4.09. The van der Waals surface area contributed by atoms with Crippen LogP contribution in [0.25, 0.3) is 38.4 Å². The summed E-state index contributed by atoms with van der Waals surface area (Å²) in [6.45, 7) is 4.99. The van der Waals surface area contributed by atoms with Gasteiger partial charge in [0.2, 0.25) is 5.91 Å². The highest BCUT2D eigenvalue weighted by atomic mass is 16.5. The molecule has 4 heteroatoms. The van der Waals surface area contributed by atoms with Crippen LogP contribution in [0.1, 0.15) is 45.1 Å². The summed E-state index contributed by atoms with van der Waals surface area (Å²) in [5.41, 5.74) is 4.72. The molecule has 0 radical (unpaired) electrons. The molecule has 34 heavy (non-hydrogen) atoms. The van der Waals surface area contributed by atoms with Gasteiger partial charge in [0.1, 0.15) is 11.3 Å². The third-order valence-electron chi connectivity index (χ3n) is 7.10. The number of likely N-dealkylation sites (tertiary alicyclic amines) is 1. The fourth-order valence-corrected chi connectivity index (χ4v) is 5.17. The minimum atomic E-state index is 0.0909. The van der Waals surface area contributed by atoms with Crippen molar-refractivity contribution in [1.82, 2.24) is 4.90 Å². The molecule has 4 aromatic rings. The number of furan rings is 1. The minimum absolute atomic E-state index is 0.0909. The summed E-state index contributed by atoms with van der Waals surface area (Å²) >= 11 is 0. The number of amides is 1. The lowest BCUT2D eigenvalue weighted by Gasteiger charge is -2.34. The average Bonchev–Trinajstić information content (AvgIpc) is 3.30. The molecule has 0 N–H and O–H groups in total. The molecule has 1 unspecified atom stereocenters. The maximum atomic E-state index is 13.2. The van der Waals surface area contributed by atoms with Gasteiger partial charge in [-0.2, -0.15) is 0 Å². The zero-order valence-electron chi connectivity index (χ0n) is 20.1. The zero-order valence-corrected chi connectivity index (χ0v) is 20.1. The van der Waals surface area contributed by atoms with Gasteiger partial charge in [0.05, 0.1) is 13.4 Å². The summed E-state index contributed by atoms with van der Waals surface area (Å²) in [5.74, 6) is 0.798. The summed E-state index contributed by atoms with van der Waals surface area (Å²) in [7, 11) is 1.66. The third-order valence-corrected chi connectivity index (χ3v) is 7.10. The number of carbonyl (C=O) groups excluding carboxylic acids is 1. The zero-order chi connectivity index (χ0) is 23.7. The van der Waals surface area contributed by atoms with Crippen LogP contribution in [-0.2, 0) is 4.79 Å². The van der Waals surface area contributed by atoms with E-state index >= 15 is 0 Å². The molecule has 0 saturated carbocycles. The predicted octanol–water partition coefficient (Wildman–Crippen LogP) is 7.46. The van der Waals surface area contributed by atoms with E-state index in [4.69, 9.17) is 9.15 Å². The SMILES string of the molecule is CCC1CCCCN1C(=O)/C=C(\C)c1cc2c(-c3ccc4ccccc4c3)coc2cc1OC. The van der Waals surface area contributed by atoms with E-state index in [1.165, 1.54) is 17.2 Å². The first-order valence-corrected chi connectivity index (χ1v) is 12.2. The number of benzene rings is 3. The topological polar surface area (TPSA) is 42.7 Å². The van der Waals surface area contributed by atoms with E-state index in [0.29, 0.717) is 11.8 Å². The van der Waals surface area contributed by atoms with Crippen LogP contribution in [-0.4, -0.2) is 30.5 Å². The molecule has 174 valence electrons. The summed E-state index contributed by atoms with van der Waals surface area (Å²) in [6, 6.07) is 19.2. The Kier molecular flexibility index (Phi) is 6.14. The molecule has 1 atom stereocenters. The lowest BCUT2D eigenvalue weighted by atomic mass is 9.97. The largest absolute Gasteiger partial charge is 0.496 e. The Morgan fingerprint density at radius 3 is 2.74 bits per heavy atom. The Bertz CT molecular complexity index is 1380. The molecule has 1 aliphatic rings. The molecule has 1 aliphatic heterocycles. The molecule has 1 saturated heterocycles. The van der Waals surface area contributed by atoms with Gasteiger partial charge in [-0.25, -0.2) is 0 Å². The number of ether oxygens (including phenoxy) is 1. The summed E-state index contributed by atoms with van der Waals surface area (Å²) in [5, 5.41) is 3.41. The van der Waals surface area contributed by atoms with E-state index in [0.717, 1.165) is 59.0 Å². The quantitative estimate of drug-likeness (QED) is 0.295. The normalized spacial score (nSPS) is 16.9. The number of fused-ring (bicyclic) bond motifs is 2. The summed E-state index contributed by atoms with van der Waals surface area (Å²) in [6.07, 6.45) is 7.95. The second-order valence-corrected chi connectivity index (χ2v) is 9.18. The van der Waals surface area contributed by atoms with Crippen LogP contribution < -0.4 is 4.74 Å². The minimum Gasteiger partial charge on any atom is -0.496 e. The van der Waals surface area contributed by atoms with Crippen molar-refractivity contribution in [2.24, 2.45) is 0 Å². The van der Waals surface area contributed by atoms with E-state index in [-0.39, 0.29) is 5.91 Å². The Balaban J connectivity index is 1.55. The van der Waals surface area contributed by atoms with E-state index < -0.39 is 0 Å². The van der Waals surface area contributed by atoms with Gasteiger partial charge < -0.3 is 14.1 Å². The molecule has 5 rings (SSSR count). The van der Waals surface area contributed by atoms with Crippen molar-refractivity contribution in [3.05, 3.63) is 72.5 Å². The van der Waals surface area contributed by atoms with Crippen LogP contribution >= 0.6 is 0 Å². The monoisotopic (exact) mass is 453 g/mol. The molecule has 0 spiro atoms. The van der Waals surface area contributed by atoms with E-state index in [1.807, 2.05) is 24.2 Å². The van der Waals surface area contributed by atoms with Gasteiger partial charge in [-0.05, 0) is 66.6 Å². The molecule has 1 fully saturated rings. The first kappa shape index (κ1) is 22.3. The number of piperidine rings is 1. The van der Waals surface area contributed by atoms with Crippen molar-refractivity contribution in [2.75, 3.05) is 13.7 Å². The number of nitrogens with zero attached hydrogens (tertiary/aromatic N) is 1. The van der Waals surface area contributed by atoms with Crippen molar-refractivity contribution in [1.29, 1.82) is 0 Å². The summed E-state index contributed by atoms with van der Waals surface area (Å²) in [4.78, 5) is 15.2. The fraction of sp³-hybridized carbons (Fsp3) is 0.300.